The minimum atomic E-state index is 0.336. The van der Waals surface area contributed by atoms with Crippen LogP contribution in [0.25, 0.3) is 0 Å². The quantitative estimate of drug-likeness (QED) is 0.851. The fourth-order valence-electron chi connectivity index (χ4n) is 1.88. The van der Waals surface area contributed by atoms with Crippen molar-refractivity contribution < 1.29 is 0 Å². The molecule has 0 saturated carbocycles. The second-order valence-corrected chi connectivity index (χ2v) is 5.00. The minimum absolute atomic E-state index is 0.336. The number of nitrogens with zero attached hydrogens (tertiary/aromatic N) is 4. The molecule has 90 valence electrons. The van der Waals surface area contributed by atoms with Crippen molar-refractivity contribution in [2.75, 3.05) is 45.6 Å². The van der Waals surface area contributed by atoms with Crippen LogP contribution in [-0.2, 0) is 0 Å². The first-order valence-electron chi connectivity index (χ1n) is 5.67. The average Bonchev–Trinajstić information content (AvgIpc) is 2.71. The fraction of sp³-hybridized carbons (Fsp3) is 0.800. The number of hydrogen-bond donors (Lipinski definition) is 1. The second kappa shape index (κ2) is 5.07. The van der Waals surface area contributed by atoms with Crippen LogP contribution < -0.4 is 5.32 Å². The maximum atomic E-state index is 4.54. The monoisotopic (exact) mass is 241 g/mol. The van der Waals surface area contributed by atoms with Gasteiger partial charge in [0.05, 0.1) is 6.04 Å². The highest BCUT2D eigenvalue weighted by Gasteiger charge is 2.26. The van der Waals surface area contributed by atoms with E-state index in [9.17, 15) is 0 Å². The van der Waals surface area contributed by atoms with Gasteiger partial charge in [-0.2, -0.15) is 4.37 Å². The third-order valence-electron chi connectivity index (χ3n) is 2.92. The summed E-state index contributed by atoms with van der Waals surface area (Å²) in [5.41, 5.74) is 0. The van der Waals surface area contributed by atoms with E-state index in [4.69, 9.17) is 0 Å². The van der Waals surface area contributed by atoms with Gasteiger partial charge in [0.1, 0.15) is 0 Å². The molecule has 1 aromatic heterocycles. The lowest BCUT2D eigenvalue weighted by molar-refractivity contribution is 0.110. The van der Waals surface area contributed by atoms with E-state index in [2.05, 4.69) is 45.5 Å². The molecule has 6 heteroatoms. The SMILES string of the molecule is CCNc1nc(C2CN(C)CCN2C)ns1. The van der Waals surface area contributed by atoms with Gasteiger partial charge >= 0.3 is 0 Å². The first kappa shape index (κ1) is 11.8. The smallest absolute Gasteiger partial charge is 0.202 e. The zero-order valence-corrected chi connectivity index (χ0v) is 10.9. The number of likely N-dealkylation sites (N-methyl/N-ethyl adjacent to an activating group) is 2. The molecule has 0 radical (unpaired) electrons. The summed E-state index contributed by atoms with van der Waals surface area (Å²) in [7, 11) is 4.29. The Bertz CT molecular complexity index is 340. The minimum Gasteiger partial charge on any atom is -0.361 e. The van der Waals surface area contributed by atoms with Crippen LogP contribution in [0.15, 0.2) is 0 Å². The predicted molar refractivity (Wildman–Crippen MR) is 66.9 cm³/mol. The number of anilines is 1. The van der Waals surface area contributed by atoms with Crippen molar-refractivity contribution in [2.45, 2.75) is 13.0 Å². The fourth-order valence-corrected chi connectivity index (χ4v) is 2.57. The molecule has 0 spiro atoms. The van der Waals surface area contributed by atoms with Crippen LogP contribution in [0.2, 0.25) is 0 Å². The molecule has 1 unspecified atom stereocenters. The lowest BCUT2D eigenvalue weighted by atomic mass is 10.2. The number of aromatic nitrogens is 2. The number of rotatable bonds is 3. The van der Waals surface area contributed by atoms with Crippen molar-refractivity contribution >= 4 is 16.7 Å². The van der Waals surface area contributed by atoms with E-state index in [0.29, 0.717) is 6.04 Å². The third kappa shape index (κ3) is 2.50. The summed E-state index contributed by atoms with van der Waals surface area (Å²) >= 11 is 1.45. The van der Waals surface area contributed by atoms with Crippen LogP contribution in [0.4, 0.5) is 5.13 Å². The Hall–Kier alpha value is -0.720. The van der Waals surface area contributed by atoms with E-state index in [-0.39, 0.29) is 0 Å². The van der Waals surface area contributed by atoms with Crippen molar-refractivity contribution in [3.8, 4) is 0 Å². The van der Waals surface area contributed by atoms with Gasteiger partial charge in [-0.25, -0.2) is 4.98 Å². The predicted octanol–water partition coefficient (Wildman–Crippen LogP) is 0.888. The highest BCUT2D eigenvalue weighted by Crippen LogP contribution is 2.23. The van der Waals surface area contributed by atoms with Crippen LogP contribution in [-0.4, -0.2) is 59.4 Å². The van der Waals surface area contributed by atoms with Crippen LogP contribution in [0.5, 0.6) is 0 Å². The molecule has 0 amide bonds. The molecule has 1 aliphatic rings. The van der Waals surface area contributed by atoms with Crippen molar-refractivity contribution in [1.29, 1.82) is 0 Å². The van der Waals surface area contributed by atoms with Gasteiger partial charge in [0.25, 0.3) is 0 Å². The largest absolute Gasteiger partial charge is 0.361 e. The molecule has 1 atom stereocenters. The van der Waals surface area contributed by atoms with Gasteiger partial charge in [0, 0.05) is 37.7 Å². The molecule has 0 bridgehead atoms. The van der Waals surface area contributed by atoms with Crippen LogP contribution in [0.1, 0.15) is 18.8 Å². The van der Waals surface area contributed by atoms with E-state index in [0.717, 1.165) is 37.1 Å². The summed E-state index contributed by atoms with van der Waals surface area (Å²) in [4.78, 5) is 9.20. The topological polar surface area (TPSA) is 44.3 Å². The highest BCUT2D eigenvalue weighted by atomic mass is 32.1. The molecule has 1 saturated heterocycles. The zero-order valence-electron chi connectivity index (χ0n) is 10.1. The maximum Gasteiger partial charge on any atom is 0.202 e. The summed E-state index contributed by atoms with van der Waals surface area (Å²) in [5.74, 6) is 0.954. The average molecular weight is 241 g/mol. The molecule has 1 fully saturated rings. The van der Waals surface area contributed by atoms with Crippen molar-refractivity contribution in [3.05, 3.63) is 5.82 Å². The molecule has 0 aromatic carbocycles. The molecule has 1 N–H and O–H groups in total. The molecule has 1 aliphatic heterocycles. The number of piperazine rings is 1. The third-order valence-corrected chi connectivity index (χ3v) is 3.61. The summed E-state index contributed by atoms with van der Waals surface area (Å²) in [6, 6.07) is 0.336. The summed E-state index contributed by atoms with van der Waals surface area (Å²) in [5, 5.41) is 4.14. The first-order chi connectivity index (χ1) is 7.70. The summed E-state index contributed by atoms with van der Waals surface area (Å²) in [6.45, 7) is 6.18. The number of nitrogens with one attached hydrogen (secondary N) is 1. The molecule has 2 heterocycles. The van der Waals surface area contributed by atoms with E-state index < -0.39 is 0 Å². The Balaban J connectivity index is 2.08. The van der Waals surface area contributed by atoms with Crippen molar-refractivity contribution in [3.63, 3.8) is 0 Å². The first-order valence-corrected chi connectivity index (χ1v) is 6.44. The van der Waals surface area contributed by atoms with Crippen molar-refractivity contribution in [2.24, 2.45) is 0 Å². The Morgan fingerprint density at radius 2 is 2.25 bits per heavy atom. The van der Waals surface area contributed by atoms with E-state index in [1.165, 1.54) is 11.5 Å². The standard InChI is InChI=1S/C10H19N5S/c1-4-11-10-12-9(13-16-10)8-7-14(2)5-6-15(8)3/h8H,4-7H2,1-3H3,(H,11,12,13). The summed E-state index contributed by atoms with van der Waals surface area (Å²) in [6.07, 6.45) is 0. The molecular formula is C10H19N5S. The van der Waals surface area contributed by atoms with Gasteiger partial charge in [-0.05, 0) is 21.0 Å². The second-order valence-electron chi connectivity index (χ2n) is 4.25. The van der Waals surface area contributed by atoms with Crippen LogP contribution in [0, 0.1) is 0 Å². The maximum absolute atomic E-state index is 4.54. The Morgan fingerprint density at radius 1 is 1.44 bits per heavy atom. The summed E-state index contributed by atoms with van der Waals surface area (Å²) < 4.78 is 4.44. The van der Waals surface area contributed by atoms with Gasteiger partial charge in [0.15, 0.2) is 5.82 Å². The van der Waals surface area contributed by atoms with Crippen molar-refractivity contribution in [1.82, 2.24) is 19.2 Å². The van der Waals surface area contributed by atoms with Crippen LogP contribution >= 0.6 is 11.5 Å². The van der Waals surface area contributed by atoms with Gasteiger partial charge in [-0.15, -0.1) is 0 Å². The van der Waals surface area contributed by atoms with Crippen LogP contribution in [0.3, 0.4) is 0 Å². The normalized spacial score (nSPS) is 23.6. The molecule has 2 rings (SSSR count). The van der Waals surface area contributed by atoms with E-state index in [1.807, 2.05) is 0 Å². The number of hydrogen-bond acceptors (Lipinski definition) is 6. The zero-order chi connectivity index (χ0) is 11.5. The Kier molecular flexibility index (Phi) is 3.73. The van der Waals surface area contributed by atoms with Gasteiger partial charge < -0.3 is 10.2 Å². The molecule has 16 heavy (non-hydrogen) atoms. The van der Waals surface area contributed by atoms with E-state index >= 15 is 0 Å². The van der Waals surface area contributed by atoms with Gasteiger partial charge in [-0.3, -0.25) is 4.90 Å². The molecule has 0 aliphatic carbocycles. The highest BCUT2D eigenvalue weighted by molar-refractivity contribution is 7.09. The Labute approximate surface area is 101 Å². The Morgan fingerprint density at radius 3 is 3.00 bits per heavy atom. The lowest BCUT2D eigenvalue weighted by Crippen LogP contribution is -2.45. The molecular weight excluding hydrogens is 222 g/mol. The van der Waals surface area contributed by atoms with Gasteiger partial charge in [0.2, 0.25) is 5.13 Å². The van der Waals surface area contributed by atoms with Gasteiger partial charge in [-0.1, -0.05) is 0 Å². The van der Waals surface area contributed by atoms with E-state index in [1.54, 1.807) is 0 Å². The molecule has 1 aromatic rings. The lowest BCUT2D eigenvalue weighted by Gasteiger charge is -2.35. The molecule has 5 nitrogen and oxygen atoms in total.